The highest BCUT2D eigenvalue weighted by atomic mass is 15.1. The number of piperidine rings is 1. The maximum atomic E-state index is 5.78. The van der Waals surface area contributed by atoms with Gasteiger partial charge in [-0.15, -0.1) is 0 Å². The summed E-state index contributed by atoms with van der Waals surface area (Å²) >= 11 is 0. The second-order valence-electron chi connectivity index (χ2n) is 7.33. The molecule has 0 spiro atoms. The van der Waals surface area contributed by atoms with E-state index in [4.69, 9.17) is 5.73 Å². The van der Waals surface area contributed by atoms with E-state index in [0.717, 1.165) is 11.6 Å². The molecule has 128 valence electrons. The van der Waals surface area contributed by atoms with Gasteiger partial charge >= 0.3 is 0 Å². The van der Waals surface area contributed by atoms with Crippen LogP contribution in [0.1, 0.15) is 43.2 Å². The second-order valence-corrected chi connectivity index (χ2v) is 7.33. The standard InChI is InChI=1S/C22H30N2/c1-18(21-7-9-22(23)10-8-21)11-14-24-15-12-20(13-16-24)17-19-5-3-2-4-6-19/h2-10,18,20H,11-17,23H2,1H3. The number of nitrogen functional groups attached to an aromatic ring is 1. The average Bonchev–Trinajstić information content (AvgIpc) is 2.62. The Morgan fingerprint density at radius 1 is 1.00 bits per heavy atom. The van der Waals surface area contributed by atoms with Crippen molar-refractivity contribution in [3.8, 4) is 0 Å². The monoisotopic (exact) mass is 322 g/mol. The number of hydrogen-bond donors (Lipinski definition) is 1. The third kappa shape index (κ3) is 4.85. The predicted octanol–water partition coefficient (Wildman–Crippen LogP) is 4.72. The highest BCUT2D eigenvalue weighted by molar-refractivity contribution is 5.40. The zero-order valence-corrected chi connectivity index (χ0v) is 14.8. The van der Waals surface area contributed by atoms with Gasteiger partial charge in [-0.2, -0.15) is 0 Å². The van der Waals surface area contributed by atoms with Crippen LogP contribution in [0.5, 0.6) is 0 Å². The van der Waals surface area contributed by atoms with Gasteiger partial charge in [0.25, 0.3) is 0 Å². The minimum Gasteiger partial charge on any atom is -0.399 e. The molecule has 2 nitrogen and oxygen atoms in total. The van der Waals surface area contributed by atoms with Crippen LogP contribution in [0.2, 0.25) is 0 Å². The second kappa shape index (κ2) is 8.34. The van der Waals surface area contributed by atoms with Crippen molar-refractivity contribution in [3.05, 3.63) is 65.7 Å². The molecule has 0 radical (unpaired) electrons. The molecule has 3 rings (SSSR count). The first-order valence-electron chi connectivity index (χ1n) is 9.32. The van der Waals surface area contributed by atoms with Crippen LogP contribution in [0.15, 0.2) is 54.6 Å². The quantitative estimate of drug-likeness (QED) is 0.780. The van der Waals surface area contributed by atoms with Gasteiger partial charge in [0.2, 0.25) is 0 Å². The van der Waals surface area contributed by atoms with Crippen LogP contribution in [-0.4, -0.2) is 24.5 Å². The molecule has 1 fully saturated rings. The average molecular weight is 322 g/mol. The van der Waals surface area contributed by atoms with E-state index in [2.05, 4.69) is 54.3 Å². The molecule has 2 aromatic carbocycles. The van der Waals surface area contributed by atoms with E-state index < -0.39 is 0 Å². The first-order chi connectivity index (χ1) is 11.7. The van der Waals surface area contributed by atoms with Crippen molar-refractivity contribution in [1.29, 1.82) is 0 Å². The molecule has 1 atom stereocenters. The lowest BCUT2D eigenvalue weighted by Gasteiger charge is -2.32. The van der Waals surface area contributed by atoms with Crippen molar-refractivity contribution in [3.63, 3.8) is 0 Å². The molecular weight excluding hydrogens is 292 g/mol. The van der Waals surface area contributed by atoms with Crippen LogP contribution in [0.25, 0.3) is 0 Å². The Kier molecular flexibility index (Phi) is 5.92. The fourth-order valence-electron chi connectivity index (χ4n) is 3.73. The SMILES string of the molecule is CC(CCN1CCC(Cc2ccccc2)CC1)c1ccc(N)cc1. The molecule has 2 N–H and O–H groups in total. The molecule has 1 heterocycles. The van der Waals surface area contributed by atoms with Crippen LogP contribution in [0, 0.1) is 5.92 Å². The summed E-state index contributed by atoms with van der Waals surface area (Å²) in [6.07, 6.45) is 5.15. The summed E-state index contributed by atoms with van der Waals surface area (Å²) in [5.74, 6) is 1.46. The van der Waals surface area contributed by atoms with E-state index in [1.807, 2.05) is 12.1 Å². The normalized spacial score (nSPS) is 17.7. The summed E-state index contributed by atoms with van der Waals surface area (Å²) in [6, 6.07) is 19.3. The Balaban J connectivity index is 1.40. The molecule has 1 saturated heterocycles. The van der Waals surface area contributed by atoms with Gasteiger partial charge in [-0.25, -0.2) is 0 Å². The largest absolute Gasteiger partial charge is 0.399 e. The lowest BCUT2D eigenvalue weighted by atomic mass is 9.89. The molecule has 0 amide bonds. The molecule has 2 heteroatoms. The molecule has 2 aromatic rings. The van der Waals surface area contributed by atoms with Crippen molar-refractivity contribution in [2.24, 2.45) is 5.92 Å². The zero-order chi connectivity index (χ0) is 16.8. The molecule has 1 aliphatic heterocycles. The van der Waals surface area contributed by atoms with Crippen LogP contribution < -0.4 is 5.73 Å². The third-order valence-corrected chi connectivity index (χ3v) is 5.46. The van der Waals surface area contributed by atoms with E-state index in [0.29, 0.717) is 5.92 Å². The summed E-state index contributed by atoms with van der Waals surface area (Å²) in [5.41, 5.74) is 9.53. The van der Waals surface area contributed by atoms with Gasteiger partial charge in [-0.05, 0) is 80.4 Å². The van der Waals surface area contributed by atoms with Gasteiger partial charge in [-0.3, -0.25) is 0 Å². The lowest BCUT2D eigenvalue weighted by Crippen LogP contribution is -2.35. The van der Waals surface area contributed by atoms with Crippen molar-refractivity contribution in [2.75, 3.05) is 25.4 Å². The molecule has 1 unspecified atom stereocenters. The van der Waals surface area contributed by atoms with Crippen LogP contribution in [-0.2, 0) is 6.42 Å². The summed E-state index contributed by atoms with van der Waals surface area (Å²) in [5, 5.41) is 0. The molecule has 24 heavy (non-hydrogen) atoms. The van der Waals surface area contributed by atoms with E-state index >= 15 is 0 Å². The molecular formula is C22H30N2. The maximum absolute atomic E-state index is 5.78. The molecule has 0 aliphatic carbocycles. The van der Waals surface area contributed by atoms with Crippen LogP contribution in [0.3, 0.4) is 0 Å². The van der Waals surface area contributed by atoms with Gasteiger partial charge in [0.05, 0.1) is 0 Å². The highest BCUT2D eigenvalue weighted by Crippen LogP contribution is 2.24. The minimum absolute atomic E-state index is 0.604. The van der Waals surface area contributed by atoms with E-state index in [1.165, 1.54) is 56.4 Å². The summed E-state index contributed by atoms with van der Waals surface area (Å²) in [7, 11) is 0. The summed E-state index contributed by atoms with van der Waals surface area (Å²) in [6.45, 7) is 6.05. The van der Waals surface area contributed by atoms with Crippen molar-refractivity contribution in [1.82, 2.24) is 4.90 Å². The van der Waals surface area contributed by atoms with E-state index in [-0.39, 0.29) is 0 Å². The first-order valence-corrected chi connectivity index (χ1v) is 9.32. The van der Waals surface area contributed by atoms with E-state index in [1.54, 1.807) is 0 Å². The summed E-state index contributed by atoms with van der Waals surface area (Å²) in [4.78, 5) is 2.65. The Bertz CT molecular complexity index is 598. The maximum Gasteiger partial charge on any atom is 0.0314 e. The smallest absolute Gasteiger partial charge is 0.0314 e. The van der Waals surface area contributed by atoms with Gasteiger partial charge in [0.1, 0.15) is 0 Å². The van der Waals surface area contributed by atoms with Gasteiger partial charge in [0.15, 0.2) is 0 Å². The van der Waals surface area contributed by atoms with E-state index in [9.17, 15) is 0 Å². The third-order valence-electron chi connectivity index (χ3n) is 5.46. The van der Waals surface area contributed by atoms with Gasteiger partial charge in [-0.1, -0.05) is 49.4 Å². The topological polar surface area (TPSA) is 29.3 Å². The van der Waals surface area contributed by atoms with Crippen molar-refractivity contribution < 1.29 is 0 Å². The lowest BCUT2D eigenvalue weighted by molar-refractivity contribution is 0.179. The molecule has 0 bridgehead atoms. The van der Waals surface area contributed by atoms with Gasteiger partial charge in [0, 0.05) is 5.69 Å². The molecule has 0 saturated carbocycles. The number of likely N-dealkylation sites (tertiary alicyclic amines) is 1. The highest BCUT2D eigenvalue weighted by Gasteiger charge is 2.19. The van der Waals surface area contributed by atoms with Crippen molar-refractivity contribution in [2.45, 2.75) is 38.5 Å². The van der Waals surface area contributed by atoms with Crippen molar-refractivity contribution >= 4 is 5.69 Å². The number of hydrogen-bond acceptors (Lipinski definition) is 2. The number of rotatable bonds is 6. The predicted molar refractivity (Wildman–Crippen MR) is 103 cm³/mol. The fraction of sp³-hybridized carbons (Fsp3) is 0.455. The Morgan fingerprint density at radius 3 is 2.33 bits per heavy atom. The molecule has 1 aliphatic rings. The minimum atomic E-state index is 0.604. The number of anilines is 1. The Hall–Kier alpha value is -1.80. The molecule has 0 aromatic heterocycles. The number of benzene rings is 2. The zero-order valence-electron chi connectivity index (χ0n) is 14.8. The number of nitrogens with two attached hydrogens (primary N) is 1. The summed E-state index contributed by atoms with van der Waals surface area (Å²) < 4.78 is 0. The van der Waals surface area contributed by atoms with Crippen LogP contribution in [0.4, 0.5) is 5.69 Å². The van der Waals surface area contributed by atoms with Crippen LogP contribution >= 0.6 is 0 Å². The Labute approximate surface area is 146 Å². The fourth-order valence-corrected chi connectivity index (χ4v) is 3.73. The number of nitrogens with zero attached hydrogens (tertiary/aromatic N) is 1. The first kappa shape index (κ1) is 17.0. The van der Waals surface area contributed by atoms with Gasteiger partial charge < -0.3 is 10.6 Å². The Morgan fingerprint density at radius 2 is 1.67 bits per heavy atom.